The summed E-state index contributed by atoms with van der Waals surface area (Å²) in [5.41, 5.74) is -0.0143. The second-order valence-electron chi connectivity index (χ2n) is 6.83. The lowest BCUT2D eigenvalue weighted by molar-refractivity contribution is -0.187. The monoisotopic (exact) mass is 368 g/mol. The molecule has 0 aromatic heterocycles. The Labute approximate surface area is 148 Å². The number of rotatable bonds is 4. The van der Waals surface area contributed by atoms with Crippen molar-refractivity contribution in [2.24, 2.45) is 0 Å². The molecule has 1 aromatic carbocycles. The zero-order chi connectivity index (χ0) is 19.1. The lowest BCUT2D eigenvalue weighted by Crippen LogP contribution is -2.51. The first kappa shape index (κ1) is 18.4. The fraction of sp³-hybridized carbons (Fsp3) is 0.500. The molecule has 0 radical (unpaired) electrons. The Bertz CT molecular complexity index is 762. The van der Waals surface area contributed by atoms with E-state index in [0.717, 1.165) is 4.90 Å². The van der Waals surface area contributed by atoms with Gasteiger partial charge in [0.25, 0.3) is 0 Å². The topological polar surface area (TPSA) is 66.5 Å². The second-order valence-corrected chi connectivity index (χ2v) is 6.83. The number of nitrogens with one attached hydrogen (secondary N) is 1. The number of benzene rings is 1. The van der Waals surface area contributed by atoms with E-state index in [1.807, 2.05) is 0 Å². The van der Waals surface area contributed by atoms with Gasteiger partial charge in [0.15, 0.2) is 0 Å². The number of fused-ring (bicyclic) bond motifs is 2. The van der Waals surface area contributed by atoms with Crippen LogP contribution in [0.2, 0.25) is 0 Å². The summed E-state index contributed by atoms with van der Waals surface area (Å²) in [6.07, 6.45) is -4.20. The summed E-state index contributed by atoms with van der Waals surface area (Å²) in [5, 5.41) is 2.73. The van der Waals surface area contributed by atoms with Crippen molar-refractivity contribution in [3.05, 3.63) is 29.8 Å². The number of hydrogen-bond donors (Lipinski definition) is 1. The molecule has 1 N–H and O–H groups in total. The van der Waals surface area contributed by atoms with Crippen LogP contribution in [0.3, 0.4) is 0 Å². The summed E-state index contributed by atoms with van der Waals surface area (Å²) in [4.78, 5) is 36.7. The standard InChI is InChI=1S/C18H19F3N2O3/c1-11(24)5-4-8-14-17(9-10-23(14)16(26)18(19,20)21)12-6-2-3-7-13(12)22-15(17)25/h2-3,6-7,14H,4-5,8-10H2,1H3,(H,22,25)/t14-,17-/m0/s1. The molecular weight excluding hydrogens is 349 g/mol. The molecule has 0 aliphatic carbocycles. The molecule has 1 saturated heterocycles. The maximum absolute atomic E-state index is 13.0. The van der Waals surface area contributed by atoms with E-state index in [-0.39, 0.29) is 37.5 Å². The van der Waals surface area contributed by atoms with Crippen LogP contribution in [0.15, 0.2) is 24.3 Å². The number of alkyl halides is 3. The zero-order valence-corrected chi connectivity index (χ0v) is 14.2. The van der Waals surface area contributed by atoms with Crippen LogP contribution in [-0.4, -0.2) is 41.3 Å². The Kier molecular flexibility index (Phi) is 4.54. The number of ketones is 1. The molecule has 2 heterocycles. The molecule has 0 bridgehead atoms. The third-order valence-electron chi connectivity index (χ3n) is 5.26. The minimum atomic E-state index is -5.00. The van der Waals surface area contributed by atoms with Crippen molar-refractivity contribution in [2.75, 3.05) is 11.9 Å². The molecule has 1 fully saturated rings. The average molecular weight is 368 g/mol. The fourth-order valence-electron chi connectivity index (χ4n) is 4.15. The SMILES string of the molecule is CC(=O)CCC[C@@H]1N(C(=O)C(F)(F)F)CC[C@@]12C(=O)Nc1ccccc12. The fourth-order valence-corrected chi connectivity index (χ4v) is 4.15. The summed E-state index contributed by atoms with van der Waals surface area (Å²) >= 11 is 0. The van der Waals surface area contributed by atoms with Crippen molar-refractivity contribution in [3.8, 4) is 0 Å². The van der Waals surface area contributed by atoms with Crippen LogP contribution in [0.25, 0.3) is 0 Å². The predicted molar refractivity (Wildman–Crippen MR) is 87.5 cm³/mol. The van der Waals surface area contributed by atoms with Gasteiger partial charge in [-0.05, 0) is 37.8 Å². The van der Waals surface area contributed by atoms with E-state index in [4.69, 9.17) is 0 Å². The molecule has 1 spiro atoms. The van der Waals surface area contributed by atoms with Gasteiger partial charge in [0, 0.05) is 18.7 Å². The third kappa shape index (κ3) is 2.87. The molecule has 2 amide bonds. The quantitative estimate of drug-likeness (QED) is 0.889. The molecule has 26 heavy (non-hydrogen) atoms. The van der Waals surface area contributed by atoms with Gasteiger partial charge in [0.1, 0.15) is 5.78 Å². The number of likely N-dealkylation sites (tertiary alicyclic amines) is 1. The van der Waals surface area contributed by atoms with Crippen LogP contribution < -0.4 is 5.32 Å². The molecule has 3 rings (SSSR count). The number of halogens is 3. The van der Waals surface area contributed by atoms with Gasteiger partial charge in [0.05, 0.1) is 11.5 Å². The average Bonchev–Trinajstić information content (AvgIpc) is 3.06. The lowest BCUT2D eigenvalue weighted by atomic mass is 9.73. The molecule has 2 aliphatic heterocycles. The number of para-hydroxylation sites is 1. The Hall–Kier alpha value is -2.38. The number of anilines is 1. The Balaban J connectivity index is 2.00. The maximum Gasteiger partial charge on any atom is 0.471 e. The maximum atomic E-state index is 13.0. The highest BCUT2D eigenvalue weighted by atomic mass is 19.4. The van der Waals surface area contributed by atoms with E-state index < -0.39 is 23.5 Å². The number of carbonyl (C=O) groups is 3. The van der Waals surface area contributed by atoms with Gasteiger partial charge in [-0.15, -0.1) is 0 Å². The number of nitrogens with zero attached hydrogens (tertiary/aromatic N) is 1. The molecule has 1 aromatic rings. The normalized spacial score (nSPS) is 24.7. The number of hydrogen-bond acceptors (Lipinski definition) is 3. The van der Waals surface area contributed by atoms with E-state index in [9.17, 15) is 27.6 Å². The summed E-state index contributed by atoms with van der Waals surface area (Å²) in [6.45, 7) is 1.26. The van der Waals surface area contributed by atoms with Gasteiger partial charge in [-0.25, -0.2) is 0 Å². The molecule has 2 atom stereocenters. The molecule has 0 saturated carbocycles. The van der Waals surface area contributed by atoms with Gasteiger partial charge in [0.2, 0.25) is 5.91 Å². The third-order valence-corrected chi connectivity index (χ3v) is 5.26. The number of carbonyl (C=O) groups excluding carboxylic acids is 3. The van der Waals surface area contributed by atoms with E-state index in [1.165, 1.54) is 6.92 Å². The minimum Gasteiger partial charge on any atom is -0.330 e. The van der Waals surface area contributed by atoms with Crippen molar-refractivity contribution in [2.45, 2.75) is 50.2 Å². The summed E-state index contributed by atoms with van der Waals surface area (Å²) < 4.78 is 39.1. The largest absolute Gasteiger partial charge is 0.471 e. The van der Waals surface area contributed by atoms with Crippen molar-refractivity contribution >= 4 is 23.3 Å². The van der Waals surface area contributed by atoms with Crippen LogP contribution in [0.4, 0.5) is 18.9 Å². The molecular formula is C18H19F3N2O3. The lowest BCUT2D eigenvalue weighted by Gasteiger charge is -2.34. The van der Waals surface area contributed by atoms with E-state index in [0.29, 0.717) is 17.7 Å². The van der Waals surface area contributed by atoms with E-state index in [2.05, 4.69) is 5.32 Å². The highest BCUT2D eigenvalue weighted by Crippen LogP contribution is 2.50. The van der Waals surface area contributed by atoms with Crippen molar-refractivity contribution in [1.82, 2.24) is 4.90 Å². The Morgan fingerprint density at radius 3 is 2.65 bits per heavy atom. The first-order valence-electron chi connectivity index (χ1n) is 8.46. The summed E-state index contributed by atoms with van der Waals surface area (Å²) in [7, 11) is 0. The van der Waals surface area contributed by atoms with Crippen LogP contribution in [-0.2, 0) is 19.8 Å². The van der Waals surface area contributed by atoms with Gasteiger partial charge in [-0.1, -0.05) is 18.2 Å². The van der Waals surface area contributed by atoms with Crippen molar-refractivity contribution in [3.63, 3.8) is 0 Å². The molecule has 5 nitrogen and oxygen atoms in total. The molecule has 140 valence electrons. The predicted octanol–water partition coefficient (Wildman–Crippen LogP) is 2.80. The number of Topliss-reactive ketones (excluding diaryl/α,β-unsaturated/α-hetero) is 1. The minimum absolute atomic E-state index is 0.0815. The van der Waals surface area contributed by atoms with Gasteiger partial charge in [-0.2, -0.15) is 13.2 Å². The van der Waals surface area contributed by atoms with Gasteiger partial charge < -0.3 is 15.0 Å². The Morgan fingerprint density at radius 2 is 2.00 bits per heavy atom. The summed E-state index contributed by atoms with van der Waals surface area (Å²) in [5.74, 6) is -2.40. The second kappa shape index (κ2) is 6.41. The zero-order valence-electron chi connectivity index (χ0n) is 14.2. The van der Waals surface area contributed by atoms with E-state index >= 15 is 0 Å². The van der Waals surface area contributed by atoms with Crippen molar-refractivity contribution in [1.29, 1.82) is 0 Å². The molecule has 8 heteroatoms. The Morgan fingerprint density at radius 1 is 1.31 bits per heavy atom. The van der Waals surface area contributed by atoms with Crippen LogP contribution in [0.1, 0.15) is 38.2 Å². The first-order valence-corrected chi connectivity index (χ1v) is 8.46. The van der Waals surface area contributed by atoms with Crippen LogP contribution in [0, 0.1) is 0 Å². The summed E-state index contributed by atoms with van der Waals surface area (Å²) in [6, 6.07) is 5.94. The highest BCUT2D eigenvalue weighted by molar-refractivity contribution is 6.07. The first-order chi connectivity index (χ1) is 12.2. The van der Waals surface area contributed by atoms with Gasteiger partial charge >= 0.3 is 12.1 Å². The van der Waals surface area contributed by atoms with Crippen molar-refractivity contribution < 1.29 is 27.6 Å². The molecule has 2 aliphatic rings. The van der Waals surface area contributed by atoms with Crippen LogP contribution in [0.5, 0.6) is 0 Å². The van der Waals surface area contributed by atoms with E-state index in [1.54, 1.807) is 24.3 Å². The van der Waals surface area contributed by atoms with Gasteiger partial charge in [-0.3, -0.25) is 9.59 Å². The smallest absolute Gasteiger partial charge is 0.330 e. The molecule has 0 unspecified atom stereocenters. The van der Waals surface area contributed by atoms with Crippen LogP contribution >= 0.6 is 0 Å². The number of amides is 2. The highest BCUT2D eigenvalue weighted by Gasteiger charge is 2.60.